The van der Waals surface area contributed by atoms with Crippen molar-refractivity contribution >= 4 is 40.5 Å². The number of carbonyl (C=O) groups excluding carboxylic acids is 2. The molecule has 0 heterocycles. The number of fused-ring (bicyclic) bond motifs is 3. The Hall–Kier alpha value is -3.75. The van der Waals surface area contributed by atoms with Gasteiger partial charge in [0.2, 0.25) is 0 Å². The maximum Gasteiger partial charge on any atom is 0.341 e. The van der Waals surface area contributed by atoms with Gasteiger partial charge in [0.1, 0.15) is 22.6 Å². The van der Waals surface area contributed by atoms with Crippen molar-refractivity contribution in [2.24, 2.45) is 0 Å². The molecule has 39 heavy (non-hydrogen) atoms. The summed E-state index contributed by atoms with van der Waals surface area (Å²) in [7, 11) is 5.68. The van der Waals surface area contributed by atoms with E-state index in [-0.39, 0.29) is 11.1 Å². The summed E-state index contributed by atoms with van der Waals surface area (Å²) in [5.41, 5.74) is 5.13. The number of carbonyl (C=O) groups is 2. The van der Waals surface area contributed by atoms with E-state index in [0.717, 1.165) is 42.7 Å². The monoisotopic (exact) mass is 604 g/mol. The highest BCUT2D eigenvalue weighted by Crippen LogP contribution is 2.57. The largest absolute Gasteiger partial charge is 0.496 e. The Morgan fingerprint density at radius 1 is 0.667 bits per heavy atom. The van der Waals surface area contributed by atoms with Crippen molar-refractivity contribution in [1.82, 2.24) is 0 Å². The SMILES string of the molecule is COC(=O)c1cc(C2(c3ccc(OC)c(C(=O)OC)c3)c3cc(S)ccc3-c3ccc(Br)cc32)ccc1OC. The number of esters is 2. The molecule has 0 saturated heterocycles. The number of methoxy groups -OCH3 is 4. The summed E-state index contributed by atoms with van der Waals surface area (Å²) in [6.45, 7) is 0. The molecule has 0 atom stereocenters. The Balaban J connectivity index is 1.97. The lowest BCUT2D eigenvalue weighted by atomic mass is 9.67. The summed E-state index contributed by atoms with van der Waals surface area (Å²) in [5, 5.41) is 0. The van der Waals surface area contributed by atoms with Gasteiger partial charge in [-0.3, -0.25) is 0 Å². The third kappa shape index (κ3) is 4.19. The number of hydrogen-bond donors (Lipinski definition) is 1. The van der Waals surface area contributed by atoms with Gasteiger partial charge in [-0.25, -0.2) is 9.59 Å². The van der Waals surface area contributed by atoms with E-state index in [2.05, 4.69) is 40.7 Å². The van der Waals surface area contributed by atoms with E-state index in [1.54, 1.807) is 24.3 Å². The lowest BCUT2D eigenvalue weighted by Crippen LogP contribution is -2.29. The Kier molecular flexibility index (Phi) is 7.18. The summed E-state index contributed by atoms with van der Waals surface area (Å²) >= 11 is 8.35. The third-order valence-corrected chi connectivity index (χ3v) is 7.93. The van der Waals surface area contributed by atoms with Crippen LogP contribution < -0.4 is 9.47 Å². The number of benzene rings is 4. The highest BCUT2D eigenvalue weighted by atomic mass is 79.9. The predicted molar refractivity (Wildman–Crippen MR) is 154 cm³/mol. The minimum atomic E-state index is -0.947. The highest BCUT2D eigenvalue weighted by molar-refractivity contribution is 9.10. The van der Waals surface area contributed by atoms with Crippen LogP contribution in [-0.2, 0) is 14.9 Å². The molecule has 0 aromatic heterocycles. The van der Waals surface area contributed by atoms with Gasteiger partial charge in [0, 0.05) is 9.37 Å². The van der Waals surface area contributed by atoms with Crippen molar-refractivity contribution in [2.45, 2.75) is 10.3 Å². The second kappa shape index (κ2) is 10.4. The van der Waals surface area contributed by atoms with Crippen LogP contribution >= 0.6 is 28.6 Å². The molecular formula is C31H25BrO6S. The van der Waals surface area contributed by atoms with Crippen LogP contribution in [0, 0.1) is 0 Å². The molecule has 0 amide bonds. The molecule has 0 unspecified atom stereocenters. The fourth-order valence-electron chi connectivity index (χ4n) is 5.49. The van der Waals surface area contributed by atoms with Crippen LogP contribution in [0.1, 0.15) is 43.0 Å². The predicted octanol–water partition coefficient (Wildman–Crippen LogP) is 6.69. The molecule has 5 rings (SSSR count). The van der Waals surface area contributed by atoms with Crippen molar-refractivity contribution in [3.05, 3.63) is 111 Å². The van der Waals surface area contributed by atoms with Gasteiger partial charge in [-0.15, -0.1) is 12.6 Å². The van der Waals surface area contributed by atoms with Gasteiger partial charge in [0.05, 0.1) is 33.9 Å². The number of rotatable bonds is 6. The molecule has 0 fully saturated rings. The van der Waals surface area contributed by atoms with Crippen molar-refractivity contribution in [1.29, 1.82) is 0 Å². The quantitative estimate of drug-likeness (QED) is 0.172. The fraction of sp³-hybridized carbons (Fsp3) is 0.161. The van der Waals surface area contributed by atoms with Crippen LogP contribution in [-0.4, -0.2) is 40.4 Å². The van der Waals surface area contributed by atoms with E-state index < -0.39 is 17.4 Å². The lowest BCUT2D eigenvalue weighted by Gasteiger charge is -2.35. The molecule has 8 heteroatoms. The Bertz CT molecular complexity index is 1510. The first kappa shape index (κ1) is 26.8. The van der Waals surface area contributed by atoms with E-state index in [4.69, 9.17) is 18.9 Å². The van der Waals surface area contributed by atoms with E-state index in [1.807, 2.05) is 36.4 Å². The smallest absolute Gasteiger partial charge is 0.341 e. The summed E-state index contributed by atoms with van der Waals surface area (Å²) in [6.07, 6.45) is 0. The van der Waals surface area contributed by atoms with Crippen LogP contribution in [0.5, 0.6) is 11.5 Å². The van der Waals surface area contributed by atoms with Crippen LogP contribution in [0.4, 0.5) is 0 Å². The molecule has 0 aliphatic heterocycles. The van der Waals surface area contributed by atoms with Gasteiger partial charge in [0.15, 0.2) is 0 Å². The molecule has 6 nitrogen and oxygen atoms in total. The zero-order valence-corrected chi connectivity index (χ0v) is 24.2. The average Bonchev–Trinajstić information content (AvgIpc) is 3.24. The van der Waals surface area contributed by atoms with Crippen molar-refractivity contribution in [2.75, 3.05) is 28.4 Å². The Morgan fingerprint density at radius 2 is 1.15 bits per heavy atom. The molecule has 0 spiro atoms. The zero-order valence-electron chi connectivity index (χ0n) is 21.7. The van der Waals surface area contributed by atoms with Gasteiger partial charge >= 0.3 is 11.9 Å². The normalized spacial score (nSPS) is 12.8. The molecule has 0 N–H and O–H groups in total. The van der Waals surface area contributed by atoms with Gasteiger partial charge < -0.3 is 18.9 Å². The minimum Gasteiger partial charge on any atom is -0.496 e. The third-order valence-electron chi connectivity index (χ3n) is 7.16. The maximum atomic E-state index is 12.9. The van der Waals surface area contributed by atoms with Crippen molar-refractivity contribution in [3.63, 3.8) is 0 Å². The Morgan fingerprint density at radius 3 is 1.64 bits per heavy atom. The highest BCUT2D eigenvalue weighted by Gasteiger charge is 2.47. The van der Waals surface area contributed by atoms with Crippen LogP contribution in [0.2, 0.25) is 0 Å². The van der Waals surface area contributed by atoms with Gasteiger partial charge in [-0.2, -0.15) is 0 Å². The number of halogens is 1. The van der Waals surface area contributed by atoms with Crippen molar-refractivity contribution < 1.29 is 28.5 Å². The number of ether oxygens (including phenoxy) is 4. The molecule has 198 valence electrons. The standard InChI is InChI=1S/C31H25BrO6S/c1-35-27-11-5-17(13-23(27)29(33)37-3)31(18-6-12-28(36-2)24(14-18)30(34)38-4)25-15-19(32)7-9-21(25)22-10-8-20(39)16-26(22)31/h5-16,39H,1-4H3. The lowest BCUT2D eigenvalue weighted by molar-refractivity contribution is 0.0588. The van der Waals surface area contributed by atoms with Gasteiger partial charge in [-0.05, 0) is 81.9 Å². The van der Waals surface area contributed by atoms with E-state index in [1.165, 1.54) is 28.4 Å². The summed E-state index contributed by atoms with van der Waals surface area (Å²) in [5.74, 6) is -0.267. The Labute approximate surface area is 240 Å². The van der Waals surface area contributed by atoms with E-state index >= 15 is 0 Å². The summed E-state index contributed by atoms with van der Waals surface area (Å²) < 4.78 is 22.1. The molecule has 1 aliphatic rings. The zero-order chi connectivity index (χ0) is 27.9. The van der Waals surface area contributed by atoms with Crippen LogP contribution in [0.25, 0.3) is 11.1 Å². The average molecular weight is 606 g/mol. The first-order chi connectivity index (χ1) is 18.8. The summed E-state index contributed by atoms with van der Waals surface area (Å²) in [4.78, 5) is 26.5. The van der Waals surface area contributed by atoms with Crippen LogP contribution in [0.3, 0.4) is 0 Å². The van der Waals surface area contributed by atoms with E-state index in [0.29, 0.717) is 11.5 Å². The minimum absolute atomic E-state index is 0.283. The van der Waals surface area contributed by atoms with Gasteiger partial charge in [0.25, 0.3) is 0 Å². The number of hydrogen-bond acceptors (Lipinski definition) is 7. The topological polar surface area (TPSA) is 71.1 Å². The first-order valence-corrected chi connectivity index (χ1v) is 13.2. The molecule has 0 bridgehead atoms. The fourth-order valence-corrected chi connectivity index (χ4v) is 6.06. The van der Waals surface area contributed by atoms with Gasteiger partial charge in [-0.1, -0.05) is 40.2 Å². The van der Waals surface area contributed by atoms with Crippen molar-refractivity contribution in [3.8, 4) is 22.6 Å². The second-order valence-electron chi connectivity index (χ2n) is 8.98. The first-order valence-electron chi connectivity index (χ1n) is 12.0. The molecule has 1 aliphatic carbocycles. The molecule has 4 aromatic carbocycles. The summed E-state index contributed by atoms with van der Waals surface area (Å²) in [6, 6.07) is 23.1. The second-order valence-corrected chi connectivity index (χ2v) is 10.4. The molecule has 0 saturated carbocycles. The number of thiol groups is 1. The van der Waals surface area contributed by atoms with E-state index in [9.17, 15) is 9.59 Å². The molecule has 0 radical (unpaired) electrons. The maximum absolute atomic E-state index is 12.9. The van der Waals surface area contributed by atoms with Crippen LogP contribution in [0.15, 0.2) is 82.2 Å². The molecular weight excluding hydrogens is 580 g/mol. The molecule has 4 aromatic rings.